The van der Waals surface area contributed by atoms with E-state index in [1.807, 2.05) is 32.9 Å². The SMILES string of the molecule is CC(C)(C)c1ccc(/C=[N+](/[O-])C(C)(C)C)c(C(C)(C)C)c1O. The first-order valence-corrected chi connectivity index (χ1v) is 7.84. The Hall–Kier alpha value is -1.51. The smallest absolute Gasteiger partial charge is 0.182 e. The van der Waals surface area contributed by atoms with Gasteiger partial charge in [-0.2, -0.15) is 0 Å². The lowest BCUT2D eigenvalue weighted by Gasteiger charge is -2.28. The van der Waals surface area contributed by atoms with Crippen molar-refractivity contribution < 1.29 is 9.85 Å². The Balaban J connectivity index is 3.66. The second kappa shape index (κ2) is 5.60. The van der Waals surface area contributed by atoms with E-state index >= 15 is 0 Å². The minimum absolute atomic E-state index is 0.149. The van der Waals surface area contributed by atoms with Crippen LogP contribution in [0, 0.1) is 5.21 Å². The number of hydrogen-bond donors (Lipinski definition) is 1. The van der Waals surface area contributed by atoms with Gasteiger partial charge in [0.05, 0.1) is 0 Å². The van der Waals surface area contributed by atoms with Crippen LogP contribution in [0.25, 0.3) is 0 Å². The molecular weight excluding hydrogens is 274 g/mol. The standard InChI is InChI=1S/C19H31NO2/c1-17(2,3)14-11-10-13(12-20(22)19(7,8)9)15(16(14)21)18(4,5)6/h10-12,21H,1-9H3/b20-12+. The normalized spacial score (nSPS) is 14.3. The number of hydroxylamine groups is 1. The van der Waals surface area contributed by atoms with Gasteiger partial charge in [0.15, 0.2) is 11.8 Å². The predicted molar refractivity (Wildman–Crippen MR) is 94.1 cm³/mol. The molecule has 1 aromatic rings. The second-order valence-electron chi connectivity index (χ2n) is 9.05. The summed E-state index contributed by atoms with van der Waals surface area (Å²) in [5.74, 6) is 0.302. The van der Waals surface area contributed by atoms with Crippen LogP contribution in [-0.2, 0) is 10.8 Å². The molecule has 0 radical (unpaired) electrons. The van der Waals surface area contributed by atoms with Gasteiger partial charge in [-0.15, -0.1) is 0 Å². The van der Waals surface area contributed by atoms with Gasteiger partial charge in [-0.25, -0.2) is 4.74 Å². The fourth-order valence-corrected chi connectivity index (χ4v) is 2.43. The zero-order chi connectivity index (χ0) is 17.5. The van der Waals surface area contributed by atoms with Gasteiger partial charge in [0.25, 0.3) is 0 Å². The van der Waals surface area contributed by atoms with Crippen LogP contribution < -0.4 is 0 Å². The third-order valence-corrected chi connectivity index (χ3v) is 3.69. The lowest BCUT2D eigenvalue weighted by Crippen LogP contribution is -2.30. The van der Waals surface area contributed by atoms with E-state index in [2.05, 4.69) is 41.5 Å². The number of phenols is 1. The average molecular weight is 305 g/mol. The third kappa shape index (κ3) is 4.02. The quantitative estimate of drug-likeness (QED) is 0.353. The molecule has 0 amide bonds. The largest absolute Gasteiger partial charge is 0.623 e. The minimum atomic E-state index is -0.506. The fourth-order valence-electron chi connectivity index (χ4n) is 2.43. The van der Waals surface area contributed by atoms with Crippen molar-refractivity contribution in [1.29, 1.82) is 0 Å². The second-order valence-corrected chi connectivity index (χ2v) is 9.05. The van der Waals surface area contributed by atoms with Crippen LogP contribution in [0.2, 0.25) is 0 Å². The van der Waals surface area contributed by atoms with Crippen LogP contribution in [0.5, 0.6) is 5.75 Å². The Morgan fingerprint density at radius 2 is 1.41 bits per heavy atom. The molecule has 0 fully saturated rings. The Labute approximate surface area is 135 Å². The van der Waals surface area contributed by atoms with Crippen LogP contribution in [0.3, 0.4) is 0 Å². The van der Waals surface area contributed by atoms with E-state index in [1.54, 1.807) is 6.21 Å². The predicted octanol–water partition coefficient (Wildman–Crippen LogP) is 4.71. The van der Waals surface area contributed by atoms with Gasteiger partial charge in [0, 0.05) is 31.9 Å². The molecule has 0 aliphatic carbocycles. The summed E-state index contributed by atoms with van der Waals surface area (Å²) in [6.07, 6.45) is 1.59. The molecule has 0 aliphatic heterocycles. The van der Waals surface area contributed by atoms with Crippen molar-refractivity contribution in [2.45, 2.75) is 78.7 Å². The van der Waals surface area contributed by atoms with Crippen molar-refractivity contribution in [2.24, 2.45) is 0 Å². The van der Waals surface area contributed by atoms with Gasteiger partial charge in [-0.3, -0.25) is 0 Å². The fraction of sp³-hybridized carbons (Fsp3) is 0.632. The monoisotopic (exact) mass is 305 g/mol. The van der Waals surface area contributed by atoms with Crippen molar-refractivity contribution in [3.05, 3.63) is 34.0 Å². The first-order valence-electron chi connectivity index (χ1n) is 7.84. The van der Waals surface area contributed by atoms with E-state index < -0.39 is 5.54 Å². The van der Waals surface area contributed by atoms with Gasteiger partial charge in [0.2, 0.25) is 0 Å². The number of nitrogens with zero attached hydrogens (tertiary/aromatic N) is 1. The first-order chi connectivity index (χ1) is 9.65. The zero-order valence-electron chi connectivity index (χ0n) is 15.5. The lowest BCUT2D eigenvalue weighted by atomic mass is 9.77. The van der Waals surface area contributed by atoms with Gasteiger partial charge in [0.1, 0.15) is 5.75 Å². The Kier molecular flexibility index (Phi) is 4.72. The average Bonchev–Trinajstić information content (AvgIpc) is 2.23. The van der Waals surface area contributed by atoms with Crippen LogP contribution in [0.1, 0.15) is 79.0 Å². The van der Waals surface area contributed by atoms with Crippen LogP contribution >= 0.6 is 0 Å². The molecule has 0 spiro atoms. The molecule has 1 rings (SSSR count). The van der Waals surface area contributed by atoms with E-state index in [0.717, 1.165) is 21.4 Å². The molecular formula is C19H31NO2. The van der Waals surface area contributed by atoms with E-state index in [4.69, 9.17) is 0 Å². The molecule has 3 heteroatoms. The highest BCUT2D eigenvalue weighted by Crippen LogP contribution is 2.40. The number of hydrogen-bond acceptors (Lipinski definition) is 2. The molecule has 124 valence electrons. The van der Waals surface area contributed by atoms with Crippen molar-refractivity contribution in [3.63, 3.8) is 0 Å². The number of benzene rings is 1. The van der Waals surface area contributed by atoms with Gasteiger partial charge >= 0.3 is 0 Å². The molecule has 0 unspecified atom stereocenters. The summed E-state index contributed by atoms with van der Waals surface area (Å²) in [5, 5.41) is 23.1. The van der Waals surface area contributed by atoms with Gasteiger partial charge < -0.3 is 10.3 Å². The van der Waals surface area contributed by atoms with Crippen molar-refractivity contribution in [3.8, 4) is 5.75 Å². The molecule has 0 aromatic heterocycles. The molecule has 22 heavy (non-hydrogen) atoms. The minimum Gasteiger partial charge on any atom is -0.623 e. The maximum Gasteiger partial charge on any atom is 0.182 e. The van der Waals surface area contributed by atoms with E-state index in [0.29, 0.717) is 5.75 Å². The summed E-state index contributed by atoms with van der Waals surface area (Å²) in [6, 6.07) is 3.87. The molecule has 0 saturated carbocycles. The Morgan fingerprint density at radius 3 is 1.77 bits per heavy atom. The van der Waals surface area contributed by atoms with Gasteiger partial charge in [-0.1, -0.05) is 47.6 Å². The highest BCUT2D eigenvalue weighted by molar-refractivity contribution is 5.81. The maximum absolute atomic E-state index is 12.3. The number of rotatable bonds is 1. The molecule has 0 bridgehead atoms. The summed E-state index contributed by atoms with van der Waals surface area (Å²) in [4.78, 5) is 0. The molecule has 0 saturated heterocycles. The molecule has 0 heterocycles. The van der Waals surface area contributed by atoms with E-state index in [-0.39, 0.29) is 10.8 Å². The Bertz CT molecular complexity index is 579. The van der Waals surface area contributed by atoms with Crippen molar-refractivity contribution in [1.82, 2.24) is 0 Å². The molecule has 0 atom stereocenters. The van der Waals surface area contributed by atoms with Crippen LogP contribution in [-0.4, -0.2) is 21.6 Å². The summed E-state index contributed by atoms with van der Waals surface area (Å²) in [7, 11) is 0. The Morgan fingerprint density at radius 1 is 0.909 bits per heavy atom. The van der Waals surface area contributed by atoms with Crippen molar-refractivity contribution >= 4 is 6.21 Å². The molecule has 0 aliphatic rings. The molecule has 3 nitrogen and oxygen atoms in total. The topological polar surface area (TPSA) is 46.3 Å². The summed E-state index contributed by atoms with van der Waals surface area (Å²) >= 11 is 0. The first kappa shape index (κ1) is 18.5. The highest BCUT2D eigenvalue weighted by atomic mass is 16.5. The molecule has 1 N–H and O–H groups in total. The summed E-state index contributed by atoms with van der Waals surface area (Å²) < 4.78 is 0.952. The lowest BCUT2D eigenvalue weighted by molar-refractivity contribution is -0.530. The summed E-state index contributed by atoms with van der Waals surface area (Å²) in [6.45, 7) is 18.0. The van der Waals surface area contributed by atoms with E-state index in [1.165, 1.54) is 0 Å². The number of phenolic OH excluding ortho intramolecular Hbond substituents is 1. The van der Waals surface area contributed by atoms with Crippen molar-refractivity contribution in [2.75, 3.05) is 0 Å². The zero-order valence-corrected chi connectivity index (χ0v) is 15.5. The molecule has 1 aromatic carbocycles. The number of aromatic hydroxyl groups is 1. The highest BCUT2D eigenvalue weighted by Gasteiger charge is 2.29. The van der Waals surface area contributed by atoms with Crippen LogP contribution in [0.15, 0.2) is 12.1 Å². The van der Waals surface area contributed by atoms with E-state index in [9.17, 15) is 10.3 Å². The summed E-state index contributed by atoms with van der Waals surface area (Å²) in [5.41, 5.74) is 1.60. The van der Waals surface area contributed by atoms with Gasteiger partial charge in [-0.05, 0) is 22.5 Å². The maximum atomic E-state index is 12.3. The third-order valence-electron chi connectivity index (χ3n) is 3.69. The van der Waals surface area contributed by atoms with Crippen LogP contribution in [0.4, 0.5) is 0 Å².